The van der Waals surface area contributed by atoms with Crippen LogP contribution in [-0.2, 0) is 0 Å². The van der Waals surface area contributed by atoms with Crippen molar-refractivity contribution in [3.05, 3.63) is 0 Å². The summed E-state index contributed by atoms with van der Waals surface area (Å²) in [5.74, 6) is 8.70. The average Bonchev–Trinajstić information content (AvgIpc) is 1.25. The topological polar surface area (TPSA) is 0 Å². The average molecular weight is 276 g/mol. The van der Waals surface area contributed by atoms with Crippen LogP contribution in [0.4, 0.5) is 0 Å². The monoisotopic (exact) mass is 278 g/mol. The van der Waals surface area contributed by atoms with E-state index in [2.05, 4.69) is 23.0 Å². The van der Waals surface area contributed by atoms with Crippen molar-refractivity contribution < 1.29 is 0 Å². The van der Waals surface area contributed by atoms with E-state index in [4.69, 9.17) is 20.0 Å². The third kappa shape index (κ3) is 2.99. The third-order valence-corrected chi connectivity index (χ3v) is 66.3. The van der Waals surface area contributed by atoms with Crippen LogP contribution in [0.5, 0.6) is 0 Å². The summed E-state index contributed by atoms with van der Waals surface area (Å²) < 4.78 is 0. The second kappa shape index (κ2) is 2.73. The van der Waals surface area contributed by atoms with Crippen molar-refractivity contribution in [3.63, 3.8) is 0 Å². The number of halogens is 2. The van der Waals surface area contributed by atoms with Gasteiger partial charge in [-0.05, 0) is 0 Å². The van der Waals surface area contributed by atoms with Gasteiger partial charge in [0.1, 0.15) is 0 Å². The summed E-state index contributed by atoms with van der Waals surface area (Å²) in [6, 6.07) is 0. The van der Waals surface area contributed by atoms with Crippen molar-refractivity contribution in [1.29, 1.82) is 0 Å². The predicted octanol–water partition coefficient (Wildman–Crippen LogP) is 2.95. The second-order valence-corrected chi connectivity index (χ2v) is 59.3. The van der Waals surface area contributed by atoms with Crippen molar-refractivity contribution in [2.75, 3.05) is 0 Å². The van der Waals surface area contributed by atoms with E-state index in [0.717, 1.165) is 0 Å². The zero-order valence-corrected chi connectivity index (χ0v) is 11.5. The molecule has 0 aromatic carbocycles. The van der Waals surface area contributed by atoms with Crippen LogP contribution in [0.15, 0.2) is 0 Å². The molecule has 0 aromatic rings. The van der Waals surface area contributed by atoms with Crippen LogP contribution >= 0.6 is 20.0 Å². The zero-order valence-electron chi connectivity index (χ0n) is 5.76. The molecule has 0 atom stereocenters. The fourth-order valence-electron chi connectivity index (χ4n) is 0. The predicted molar refractivity (Wildman–Crippen MR) is 46.7 cm³/mol. The molecule has 0 nitrogen and oxygen atoms in total. The van der Waals surface area contributed by atoms with Gasteiger partial charge in [-0.3, -0.25) is 0 Å². The van der Waals surface area contributed by atoms with Crippen LogP contribution in [0.3, 0.4) is 0 Å². The van der Waals surface area contributed by atoms with Crippen molar-refractivity contribution in [2.24, 2.45) is 0 Å². The van der Waals surface area contributed by atoms with Crippen LogP contribution in [0, 0.1) is 0 Å². The Hall–Kier alpha value is 1.67. The molecular weight excluding hydrogens is 264 g/mol. The normalized spacial score (nSPS) is 14.2. The van der Waals surface area contributed by atoms with Crippen molar-refractivity contribution in [3.8, 4) is 0 Å². The molecule has 0 bridgehead atoms. The molecule has 0 spiro atoms. The first-order valence-electron chi connectivity index (χ1n) is 2.63. The van der Waals surface area contributed by atoms with Gasteiger partial charge in [-0.2, -0.15) is 0 Å². The van der Waals surface area contributed by atoms with Gasteiger partial charge >= 0.3 is 63.8 Å². The van der Waals surface area contributed by atoms with Gasteiger partial charge in [0.25, 0.3) is 0 Å². The van der Waals surface area contributed by atoms with E-state index in [0.29, 0.717) is 0 Å². The molecule has 0 saturated carbocycles. The Morgan fingerprint density at radius 3 is 0.875 bits per heavy atom. The van der Waals surface area contributed by atoms with Gasteiger partial charge in [0.15, 0.2) is 0 Å². The molecule has 0 fully saturated rings. The van der Waals surface area contributed by atoms with Crippen molar-refractivity contribution in [2.45, 2.75) is 23.0 Å². The standard InChI is InChI=1S/C4H12Cl2Ge2/c1-7(2,5)8(3,4)6/h1-4H3. The van der Waals surface area contributed by atoms with Gasteiger partial charge in [0.05, 0.1) is 0 Å². The van der Waals surface area contributed by atoms with Gasteiger partial charge in [-0.15, -0.1) is 0 Å². The molecule has 8 heavy (non-hydrogen) atoms. The van der Waals surface area contributed by atoms with Gasteiger partial charge < -0.3 is 0 Å². The van der Waals surface area contributed by atoms with Crippen LogP contribution in [-0.4, -0.2) is 20.7 Å². The Morgan fingerprint density at radius 2 is 0.875 bits per heavy atom. The SMILES string of the molecule is [CH3][Ge]([CH3])([Cl])[Ge]([CH3])([CH3])[Cl]. The van der Waals surface area contributed by atoms with E-state index >= 15 is 0 Å². The molecular formula is C4H12Cl2Ge2. The molecule has 0 aromatic heterocycles. The van der Waals surface area contributed by atoms with Crippen molar-refractivity contribution in [1.82, 2.24) is 0 Å². The van der Waals surface area contributed by atoms with Crippen molar-refractivity contribution >= 4 is 40.8 Å². The van der Waals surface area contributed by atoms with Gasteiger partial charge in [0.2, 0.25) is 0 Å². The first kappa shape index (κ1) is 9.67. The minimum absolute atomic E-state index is 1.89. The number of hydrogen-bond acceptors (Lipinski definition) is 0. The molecule has 0 N–H and O–H groups in total. The molecule has 0 aliphatic rings. The fraction of sp³-hybridized carbons (Fsp3) is 1.00. The van der Waals surface area contributed by atoms with Gasteiger partial charge in [-0.1, -0.05) is 0 Å². The first-order valence-corrected chi connectivity index (χ1v) is 23.0. The summed E-state index contributed by atoms with van der Waals surface area (Å²) in [6.07, 6.45) is 0. The van der Waals surface area contributed by atoms with Gasteiger partial charge in [-0.25, -0.2) is 0 Å². The molecule has 0 saturated heterocycles. The van der Waals surface area contributed by atoms with E-state index in [1.54, 1.807) is 0 Å². The maximum atomic E-state index is 6.15. The summed E-state index contributed by atoms with van der Waals surface area (Å²) in [7, 11) is 8.52. The van der Waals surface area contributed by atoms with E-state index in [9.17, 15) is 0 Å². The zero-order chi connectivity index (χ0) is 7.00. The molecule has 0 heterocycles. The first-order chi connectivity index (χ1) is 3.25. The summed E-state index contributed by atoms with van der Waals surface area (Å²) >= 11 is 0. The fourth-order valence-corrected chi connectivity index (χ4v) is 0. The number of hydrogen-bond donors (Lipinski definition) is 0. The van der Waals surface area contributed by atoms with E-state index in [-0.39, 0.29) is 0 Å². The second-order valence-electron chi connectivity index (χ2n) is 2.94. The van der Waals surface area contributed by atoms with E-state index in [1.807, 2.05) is 0 Å². The molecule has 4 heteroatoms. The van der Waals surface area contributed by atoms with Crippen LogP contribution in [0.2, 0.25) is 23.0 Å². The summed E-state index contributed by atoms with van der Waals surface area (Å²) in [5.41, 5.74) is 0. The summed E-state index contributed by atoms with van der Waals surface area (Å²) in [6.45, 7) is 0. The third-order valence-electron chi connectivity index (χ3n) is 1.41. The molecule has 50 valence electrons. The molecule has 0 rings (SSSR count). The Morgan fingerprint density at radius 1 is 0.750 bits per heavy atom. The minimum atomic E-state index is -1.89. The number of rotatable bonds is 1. The molecule has 0 aliphatic heterocycles. The Labute approximate surface area is 63.4 Å². The maximum absolute atomic E-state index is 6.15. The van der Waals surface area contributed by atoms with E-state index in [1.165, 1.54) is 0 Å². The molecule has 0 amide bonds. The van der Waals surface area contributed by atoms with Crippen LogP contribution in [0.1, 0.15) is 0 Å². The quantitative estimate of drug-likeness (QED) is 0.646. The molecule has 0 radical (unpaired) electrons. The molecule has 0 unspecified atom stereocenters. The van der Waals surface area contributed by atoms with Gasteiger partial charge in [0, 0.05) is 0 Å². The van der Waals surface area contributed by atoms with E-state index < -0.39 is 20.7 Å². The Kier molecular flexibility index (Phi) is 3.29. The van der Waals surface area contributed by atoms with Crippen LogP contribution in [0.25, 0.3) is 0 Å². The summed E-state index contributed by atoms with van der Waals surface area (Å²) in [5, 5.41) is 0. The molecule has 0 aliphatic carbocycles. The Balaban J connectivity index is 4.02. The Bertz CT molecular complexity index is 67.0. The van der Waals surface area contributed by atoms with Crippen LogP contribution < -0.4 is 0 Å². The summed E-state index contributed by atoms with van der Waals surface area (Å²) in [4.78, 5) is 0.